The Balaban J connectivity index is 2.22. The van der Waals surface area contributed by atoms with Gasteiger partial charge in [0.25, 0.3) is 0 Å². The van der Waals surface area contributed by atoms with Gasteiger partial charge in [-0.15, -0.1) is 6.42 Å². The molecule has 0 bridgehead atoms. The summed E-state index contributed by atoms with van der Waals surface area (Å²) in [5.41, 5.74) is 1.94. The molecule has 2 heterocycles. The van der Waals surface area contributed by atoms with E-state index in [1.165, 1.54) is 0 Å². The van der Waals surface area contributed by atoms with E-state index in [1.807, 2.05) is 0 Å². The minimum Gasteiger partial charge on any atom is -0.319 e. The predicted octanol–water partition coefficient (Wildman–Crippen LogP) is 2.13. The first-order valence-electron chi connectivity index (χ1n) is 7.19. The van der Waals surface area contributed by atoms with Gasteiger partial charge in [-0.25, -0.2) is 13.4 Å². The Hall–Kier alpha value is -2.13. The zero-order valence-corrected chi connectivity index (χ0v) is 13.4. The van der Waals surface area contributed by atoms with Crippen molar-refractivity contribution in [1.82, 2.24) is 14.5 Å². The lowest BCUT2D eigenvalue weighted by atomic mass is 10.2. The smallest absolute Gasteiger partial charge is 0.180 e. The molecule has 1 aliphatic rings. The van der Waals surface area contributed by atoms with Gasteiger partial charge in [-0.3, -0.25) is 4.98 Å². The zero-order valence-electron chi connectivity index (χ0n) is 12.6. The minimum absolute atomic E-state index is 0.0300. The summed E-state index contributed by atoms with van der Waals surface area (Å²) >= 11 is 0. The van der Waals surface area contributed by atoms with Gasteiger partial charge >= 0.3 is 0 Å². The first-order chi connectivity index (χ1) is 10.5. The number of sulfone groups is 1. The molecule has 0 N–H and O–H groups in total. The van der Waals surface area contributed by atoms with E-state index in [0.717, 1.165) is 18.4 Å². The maximum Gasteiger partial charge on any atom is 0.180 e. The van der Waals surface area contributed by atoms with Gasteiger partial charge in [-0.05, 0) is 30.4 Å². The molecular weight excluding hydrogens is 298 g/mol. The Bertz CT molecular complexity index is 871. The SMILES string of the molecule is C#Cc1cnc(-c2ncc(C3CC3)cc2S(=O)(=O)CC)n1C. The van der Waals surface area contributed by atoms with Crippen LogP contribution in [0.25, 0.3) is 11.5 Å². The predicted molar refractivity (Wildman–Crippen MR) is 84.1 cm³/mol. The summed E-state index contributed by atoms with van der Waals surface area (Å²) < 4.78 is 26.6. The van der Waals surface area contributed by atoms with Gasteiger partial charge in [-0.1, -0.05) is 12.8 Å². The van der Waals surface area contributed by atoms with Crippen molar-refractivity contribution < 1.29 is 8.42 Å². The lowest BCUT2D eigenvalue weighted by Gasteiger charge is -2.11. The van der Waals surface area contributed by atoms with Crippen LogP contribution in [0.4, 0.5) is 0 Å². The molecule has 2 aromatic heterocycles. The Morgan fingerprint density at radius 1 is 1.36 bits per heavy atom. The molecule has 0 amide bonds. The van der Waals surface area contributed by atoms with Crippen molar-refractivity contribution >= 4 is 9.84 Å². The summed E-state index contributed by atoms with van der Waals surface area (Å²) in [4.78, 5) is 8.90. The van der Waals surface area contributed by atoms with Crippen molar-refractivity contribution in [3.05, 3.63) is 29.7 Å². The largest absolute Gasteiger partial charge is 0.319 e. The third kappa shape index (κ3) is 2.42. The van der Waals surface area contributed by atoms with Crippen LogP contribution in [0.3, 0.4) is 0 Å². The van der Waals surface area contributed by atoms with E-state index in [4.69, 9.17) is 6.42 Å². The molecule has 2 aromatic rings. The summed E-state index contributed by atoms with van der Waals surface area (Å²) in [6, 6.07) is 1.75. The molecular formula is C16H17N3O2S. The third-order valence-electron chi connectivity index (χ3n) is 3.99. The van der Waals surface area contributed by atoms with Crippen molar-refractivity contribution in [1.29, 1.82) is 0 Å². The Morgan fingerprint density at radius 3 is 2.64 bits per heavy atom. The number of hydrogen-bond acceptors (Lipinski definition) is 4. The van der Waals surface area contributed by atoms with E-state index in [2.05, 4.69) is 15.9 Å². The number of aromatic nitrogens is 3. The highest BCUT2D eigenvalue weighted by Gasteiger charge is 2.28. The fourth-order valence-corrected chi connectivity index (χ4v) is 3.49. The molecule has 1 aliphatic carbocycles. The van der Waals surface area contributed by atoms with Gasteiger partial charge in [0.15, 0.2) is 15.7 Å². The van der Waals surface area contributed by atoms with Crippen molar-refractivity contribution in [2.75, 3.05) is 5.75 Å². The van der Waals surface area contributed by atoms with Crippen LogP contribution in [-0.4, -0.2) is 28.7 Å². The molecule has 1 fully saturated rings. The van der Waals surface area contributed by atoms with Crippen LogP contribution in [0, 0.1) is 12.3 Å². The number of imidazole rings is 1. The van der Waals surface area contributed by atoms with Crippen molar-refractivity contribution in [3.63, 3.8) is 0 Å². The van der Waals surface area contributed by atoms with Gasteiger partial charge < -0.3 is 4.57 Å². The van der Waals surface area contributed by atoms with Crippen LogP contribution in [0.1, 0.15) is 36.9 Å². The monoisotopic (exact) mass is 315 g/mol. The maximum atomic E-state index is 12.5. The van der Waals surface area contributed by atoms with Gasteiger partial charge in [-0.2, -0.15) is 0 Å². The molecule has 0 atom stereocenters. The van der Waals surface area contributed by atoms with Gasteiger partial charge in [0.05, 0.1) is 16.8 Å². The average Bonchev–Trinajstić information content (AvgIpc) is 3.30. The molecule has 6 heteroatoms. The molecule has 3 rings (SSSR count). The molecule has 1 saturated carbocycles. The van der Waals surface area contributed by atoms with Crippen LogP contribution in [-0.2, 0) is 16.9 Å². The molecule has 5 nitrogen and oxygen atoms in total. The molecule has 0 aliphatic heterocycles. The number of rotatable bonds is 4. The third-order valence-corrected chi connectivity index (χ3v) is 5.73. The highest BCUT2D eigenvalue weighted by Crippen LogP contribution is 2.41. The van der Waals surface area contributed by atoms with Gasteiger partial charge in [0, 0.05) is 13.2 Å². The van der Waals surface area contributed by atoms with E-state index in [9.17, 15) is 8.42 Å². The van der Waals surface area contributed by atoms with Crippen molar-refractivity contribution in [2.45, 2.75) is 30.6 Å². The summed E-state index contributed by atoms with van der Waals surface area (Å²) in [5.74, 6) is 3.46. The van der Waals surface area contributed by atoms with Gasteiger partial charge in [0.1, 0.15) is 11.4 Å². The second-order valence-corrected chi connectivity index (χ2v) is 7.71. The quantitative estimate of drug-likeness (QED) is 0.811. The normalized spacial score (nSPS) is 14.8. The molecule has 0 aromatic carbocycles. The minimum atomic E-state index is -3.39. The summed E-state index contributed by atoms with van der Waals surface area (Å²) in [5, 5.41) is 0. The van der Waals surface area contributed by atoms with E-state index >= 15 is 0 Å². The fourth-order valence-electron chi connectivity index (χ4n) is 2.42. The summed E-state index contributed by atoms with van der Waals surface area (Å²) in [6.07, 6.45) is 10.9. The standard InChI is InChI=1S/C16H17N3O2S/c1-4-13-10-18-16(19(13)3)15-14(22(20,21)5-2)8-12(9-17-15)11-6-7-11/h1,8-11H,5-7H2,2-3H3. The highest BCUT2D eigenvalue weighted by molar-refractivity contribution is 7.91. The second kappa shape index (κ2) is 5.25. The zero-order chi connectivity index (χ0) is 15.9. The number of pyridine rings is 1. The van der Waals surface area contributed by atoms with Crippen LogP contribution in [0.2, 0.25) is 0 Å². The van der Waals surface area contributed by atoms with Crippen molar-refractivity contribution in [2.24, 2.45) is 7.05 Å². The van der Waals surface area contributed by atoms with Crippen LogP contribution in [0.15, 0.2) is 23.4 Å². The van der Waals surface area contributed by atoms with Crippen molar-refractivity contribution in [3.8, 4) is 23.9 Å². The fraction of sp³-hybridized carbons (Fsp3) is 0.375. The number of hydrogen-bond donors (Lipinski definition) is 0. The molecule has 0 radical (unpaired) electrons. The average molecular weight is 315 g/mol. The Morgan fingerprint density at radius 2 is 2.09 bits per heavy atom. The highest BCUT2D eigenvalue weighted by atomic mass is 32.2. The maximum absolute atomic E-state index is 12.5. The van der Waals surface area contributed by atoms with E-state index < -0.39 is 9.84 Å². The molecule has 0 saturated heterocycles. The van der Waals surface area contributed by atoms with Gasteiger partial charge in [0.2, 0.25) is 0 Å². The lowest BCUT2D eigenvalue weighted by molar-refractivity contribution is 0.597. The number of terminal acetylenes is 1. The number of nitrogens with zero attached hydrogens (tertiary/aromatic N) is 3. The first-order valence-corrected chi connectivity index (χ1v) is 8.84. The lowest BCUT2D eigenvalue weighted by Crippen LogP contribution is -2.09. The summed E-state index contributed by atoms with van der Waals surface area (Å²) in [7, 11) is -1.63. The van der Waals surface area contributed by atoms with Crippen LogP contribution < -0.4 is 0 Å². The van der Waals surface area contributed by atoms with Crippen LogP contribution in [0.5, 0.6) is 0 Å². The molecule has 114 valence electrons. The molecule has 22 heavy (non-hydrogen) atoms. The van der Waals surface area contributed by atoms with E-state index in [1.54, 1.807) is 37.0 Å². The van der Waals surface area contributed by atoms with Crippen LogP contribution >= 0.6 is 0 Å². The molecule has 0 unspecified atom stereocenters. The first kappa shape index (κ1) is 14.8. The Kier molecular flexibility index (Phi) is 3.53. The van der Waals surface area contributed by atoms with E-state index in [-0.39, 0.29) is 10.6 Å². The summed E-state index contributed by atoms with van der Waals surface area (Å²) in [6.45, 7) is 1.63. The second-order valence-electron chi connectivity index (χ2n) is 5.46. The Labute approximate surface area is 130 Å². The molecule has 0 spiro atoms. The van der Waals surface area contributed by atoms with E-state index in [0.29, 0.717) is 23.1 Å². The topological polar surface area (TPSA) is 64.8 Å².